The number of halogens is 1. The number of piperidine rings is 1. The Hall–Kier alpha value is -2.60. The van der Waals surface area contributed by atoms with Gasteiger partial charge in [0.15, 0.2) is 0 Å². The van der Waals surface area contributed by atoms with Crippen LogP contribution in [-0.2, 0) is 0 Å². The lowest BCUT2D eigenvalue weighted by molar-refractivity contribution is -0.0107. The molecule has 5 rings (SSSR count). The third-order valence-corrected chi connectivity index (χ3v) is 7.66. The first-order chi connectivity index (χ1) is 16.3. The van der Waals surface area contributed by atoms with Crippen molar-refractivity contribution in [1.29, 1.82) is 0 Å². The molecule has 3 aliphatic rings. The highest BCUT2D eigenvalue weighted by Crippen LogP contribution is 2.39. The molecule has 34 heavy (non-hydrogen) atoms. The minimum Gasteiger partial charge on any atom is -0.489 e. The van der Waals surface area contributed by atoms with E-state index in [2.05, 4.69) is 44.2 Å². The van der Waals surface area contributed by atoms with E-state index in [4.69, 9.17) is 22.9 Å². The van der Waals surface area contributed by atoms with Crippen LogP contribution >= 0.6 is 11.6 Å². The largest absolute Gasteiger partial charge is 0.489 e. The van der Waals surface area contributed by atoms with Crippen LogP contribution in [0.15, 0.2) is 24.4 Å². The summed E-state index contributed by atoms with van der Waals surface area (Å²) in [5, 5.41) is 16.6. The summed E-state index contributed by atoms with van der Waals surface area (Å²) >= 11 is 6.40. The highest BCUT2D eigenvalue weighted by atomic mass is 35.5. The van der Waals surface area contributed by atoms with Crippen molar-refractivity contribution in [3.8, 4) is 5.75 Å². The standard InChI is InChI=1S/C25H31ClN6O2/c1-25(2)8-6-17-10-16(7-9-32(17)25)29-23-21(27-3)14-28-24(31-23)30-15-4-5-22(20(26)11-15)34-19-12-18(33)13-19/h4-5,11,14,16-19,33H,6-10,12-13H2,1-2H3,(H2,28,29,30,31)/t16-,17-,18?,19?/m0/s1. The van der Waals surface area contributed by atoms with Crippen molar-refractivity contribution in [2.24, 2.45) is 0 Å². The molecule has 3 N–H and O–H groups in total. The fourth-order valence-electron chi connectivity index (χ4n) is 5.35. The molecule has 0 amide bonds. The van der Waals surface area contributed by atoms with Gasteiger partial charge in [-0.1, -0.05) is 11.6 Å². The van der Waals surface area contributed by atoms with Crippen molar-refractivity contribution in [2.45, 2.75) is 82.2 Å². The van der Waals surface area contributed by atoms with E-state index in [9.17, 15) is 5.11 Å². The maximum atomic E-state index is 9.44. The number of benzene rings is 1. The number of fused-ring (bicyclic) bond motifs is 1. The molecule has 3 heterocycles. The second-order valence-electron chi connectivity index (χ2n) is 10.2. The number of aliphatic hydroxyl groups is 1. The fraction of sp³-hybridized carbons (Fsp3) is 0.560. The zero-order valence-corrected chi connectivity index (χ0v) is 20.3. The quantitative estimate of drug-likeness (QED) is 0.491. The summed E-state index contributed by atoms with van der Waals surface area (Å²) in [4.78, 5) is 15.2. The van der Waals surface area contributed by atoms with Gasteiger partial charge < -0.3 is 20.5 Å². The predicted molar refractivity (Wildman–Crippen MR) is 133 cm³/mol. The SMILES string of the molecule is [C-]#[N+]c1cnc(Nc2ccc(OC3CC(O)C3)c(Cl)c2)nc1N[C@H]1CCN2[C@@H](CCC2(C)C)C1. The van der Waals surface area contributed by atoms with E-state index < -0.39 is 0 Å². The number of nitrogens with one attached hydrogen (secondary N) is 2. The Morgan fingerprint density at radius 3 is 2.82 bits per heavy atom. The molecule has 0 unspecified atom stereocenters. The summed E-state index contributed by atoms with van der Waals surface area (Å²) in [6.07, 6.45) is 7.08. The molecule has 2 aromatic rings. The molecule has 2 aliphatic heterocycles. The normalized spacial score (nSPS) is 27.9. The lowest BCUT2D eigenvalue weighted by Gasteiger charge is -2.42. The number of aromatic nitrogens is 2. The molecule has 1 aliphatic carbocycles. The molecule has 0 spiro atoms. The number of anilines is 3. The number of nitrogens with zero attached hydrogens (tertiary/aromatic N) is 4. The second kappa shape index (κ2) is 9.21. The Balaban J connectivity index is 1.25. The topological polar surface area (TPSA) is 86.9 Å². The number of ether oxygens (including phenoxy) is 1. The van der Waals surface area contributed by atoms with Gasteiger partial charge in [0.1, 0.15) is 17.7 Å². The Bertz CT molecular complexity index is 1100. The van der Waals surface area contributed by atoms with Crippen LogP contribution in [0.3, 0.4) is 0 Å². The molecule has 180 valence electrons. The number of hydrogen-bond donors (Lipinski definition) is 3. The van der Waals surface area contributed by atoms with Crippen molar-refractivity contribution < 1.29 is 9.84 Å². The molecule has 9 heteroatoms. The van der Waals surface area contributed by atoms with Crippen molar-refractivity contribution in [3.05, 3.63) is 40.8 Å². The molecule has 1 aromatic carbocycles. The predicted octanol–water partition coefficient (Wildman–Crippen LogP) is 5.14. The zero-order chi connectivity index (χ0) is 23.9. The van der Waals surface area contributed by atoms with Crippen molar-refractivity contribution in [2.75, 3.05) is 17.2 Å². The van der Waals surface area contributed by atoms with Gasteiger partial charge in [0.25, 0.3) is 0 Å². The molecule has 2 saturated heterocycles. The van der Waals surface area contributed by atoms with E-state index in [-0.39, 0.29) is 23.8 Å². The van der Waals surface area contributed by atoms with E-state index in [0.29, 0.717) is 47.1 Å². The lowest BCUT2D eigenvalue weighted by atomic mass is 9.92. The van der Waals surface area contributed by atoms with Crippen molar-refractivity contribution >= 4 is 34.7 Å². The molecule has 3 fully saturated rings. The molecular weight excluding hydrogens is 452 g/mol. The van der Waals surface area contributed by atoms with Gasteiger partial charge in [-0.25, -0.2) is 14.8 Å². The van der Waals surface area contributed by atoms with Crippen molar-refractivity contribution in [1.82, 2.24) is 14.9 Å². The molecule has 0 bridgehead atoms. The van der Waals surface area contributed by atoms with Gasteiger partial charge in [0.05, 0.1) is 17.7 Å². The Morgan fingerprint density at radius 1 is 1.26 bits per heavy atom. The number of aliphatic hydroxyl groups excluding tert-OH is 1. The van der Waals surface area contributed by atoms with Crippen LogP contribution in [0, 0.1) is 6.57 Å². The fourth-order valence-corrected chi connectivity index (χ4v) is 5.58. The van der Waals surface area contributed by atoms with E-state index in [1.165, 1.54) is 12.8 Å². The maximum absolute atomic E-state index is 9.44. The Kier molecular flexibility index (Phi) is 6.28. The maximum Gasteiger partial charge on any atom is 0.246 e. The average molecular weight is 483 g/mol. The first-order valence-electron chi connectivity index (χ1n) is 12.0. The minimum absolute atomic E-state index is 0.00612. The van der Waals surface area contributed by atoms with Crippen LogP contribution in [0.4, 0.5) is 23.1 Å². The summed E-state index contributed by atoms with van der Waals surface area (Å²) in [5.41, 5.74) is 1.43. The highest BCUT2D eigenvalue weighted by molar-refractivity contribution is 6.32. The molecule has 1 saturated carbocycles. The minimum atomic E-state index is -0.277. The Labute approximate surface area is 205 Å². The van der Waals surface area contributed by atoms with E-state index in [0.717, 1.165) is 25.1 Å². The van der Waals surface area contributed by atoms with Crippen LogP contribution in [-0.4, -0.2) is 56.3 Å². The first-order valence-corrected chi connectivity index (χ1v) is 12.4. The molecule has 0 radical (unpaired) electrons. The summed E-state index contributed by atoms with van der Waals surface area (Å²) in [5.74, 6) is 1.57. The highest BCUT2D eigenvalue weighted by Gasteiger charge is 2.42. The van der Waals surface area contributed by atoms with Crippen LogP contribution in [0.25, 0.3) is 4.85 Å². The van der Waals surface area contributed by atoms with Gasteiger partial charge >= 0.3 is 0 Å². The third kappa shape index (κ3) is 4.78. The van der Waals surface area contributed by atoms with E-state index in [1.54, 1.807) is 18.3 Å². The Morgan fingerprint density at radius 2 is 2.09 bits per heavy atom. The van der Waals surface area contributed by atoms with Gasteiger partial charge in [-0.15, -0.1) is 0 Å². The van der Waals surface area contributed by atoms with Gasteiger partial charge in [-0.05, 0) is 57.7 Å². The van der Waals surface area contributed by atoms with Crippen LogP contribution in [0.1, 0.15) is 52.4 Å². The monoisotopic (exact) mass is 482 g/mol. The molecule has 1 aromatic heterocycles. The van der Waals surface area contributed by atoms with Crippen molar-refractivity contribution in [3.63, 3.8) is 0 Å². The average Bonchev–Trinajstić information content (AvgIpc) is 3.08. The van der Waals surface area contributed by atoms with Crippen LogP contribution < -0.4 is 15.4 Å². The zero-order valence-electron chi connectivity index (χ0n) is 19.6. The van der Waals surface area contributed by atoms with E-state index >= 15 is 0 Å². The molecular formula is C25H31ClN6O2. The molecule has 2 atom stereocenters. The van der Waals surface area contributed by atoms with Gasteiger partial charge in [0, 0.05) is 48.9 Å². The summed E-state index contributed by atoms with van der Waals surface area (Å²) in [6.45, 7) is 13.3. The molecule has 8 nitrogen and oxygen atoms in total. The van der Waals surface area contributed by atoms with Gasteiger partial charge in [0.2, 0.25) is 11.6 Å². The second-order valence-corrected chi connectivity index (χ2v) is 10.6. The smallest absolute Gasteiger partial charge is 0.246 e. The first kappa shape index (κ1) is 23.2. The third-order valence-electron chi connectivity index (χ3n) is 7.37. The van der Waals surface area contributed by atoms with Crippen LogP contribution in [0.5, 0.6) is 5.75 Å². The number of hydrogen-bond acceptors (Lipinski definition) is 7. The number of rotatable bonds is 6. The lowest BCUT2D eigenvalue weighted by Crippen LogP contribution is -2.50. The summed E-state index contributed by atoms with van der Waals surface area (Å²) < 4.78 is 5.84. The summed E-state index contributed by atoms with van der Waals surface area (Å²) in [6, 6.07) is 6.30. The van der Waals surface area contributed by atoms with Gasteiger partial charge in [-0.3, -0.25) is 4.90 Å². The van der Waals surface area contributed by atoms with Gasteiger partial charge in [-0.2, -0.15) is 0 Å². The van der Waals surface area contributed by atoms with E-state index in [1.807, 2.05) is 6.07 Å². The summed E-state index contributed by atoms with van der Waals surface area (Å²) in [7, 11) is 0. The van der Waals surface area contributed by atoms with Crippen LogP contribution in [0.2, 0.25) is 5.02 Å².